The van der Waals surface area contributed by atoms with Crippen molar-refractivity contribution in [2.24, 2.45) is 5.73 Å². The third-order valence-corrected chi connectivity index (χ3v) is 5.57. The van der Waals surface area contributed by atoms with Gasteiger partial charge in [0.2, 0.25) is 11.8 Å². The van der Waals surface area contributed by atoms with Crippen LogP contribution in [0.2, 0.25) is 0 Å². The standard InChI is InChI=1S/C22H21N3O4S/c1-2-19(22(28)24-15-10-8-14(9-11-15)20(23)26)30-17-6-3-5-16(13-17)25-21(27)18-7-4-12-29-18/h3-13,19H,2H2,1H3,(H2,23,26)(H,24,28)(H,25,27). The zero-order valence-corrected chi connectivity index (χ0v) is 17.1. The van der Waals surface area contributed by atoms with E-state index >= 15 is 0 Å². The summed E-state index contributed by atoms with van der Waals surface area (Å²) >= 11 is 1.40. The lowest BCUT2D eigenvalue weighted by Crippen LogP contribution is -2.24. The van der Waals surface area contributed by atoms with Gasteiger partial charge in [0.15, 0.2) is 5.76 Å². The number of furan rings is 1. The molecule has 7 nitrogen and oxygen atoms in total. The summed E-state index contributed by atoms with van der Waals surface area (Å²) in [4.78, 5) is 36.8. The van der Waals surface area contributed by atoms with Crippen LogP contribution in [0.4, 0.5) is 11.4 Å². The molecule has 0 aliphatic carbocycles. The van der Waals surface area contributed by atoms with Crippen molar-refractivity contribution in [3.05, 3.63) is 78.3 Å². The van der Waals surface area contributed by atoms with Crippen LogP contribution in [0, 0.1) is 0 Å². The largest absolute Gasteiger partial charge is 0.459 e. The van der Waals surface area contributed by atoms with Crippen LogP contribution < -0.4 is 16.4 Å². The van der Waals surface area contributed by atoms with Crippen molar-refractivity contribution in [2.45, 2.75) is 23.5 Å². The first-order chi connectivity index (χ1) is 14.5. The van der Waals surface area contributed by atoms with E-state index < -0.39 is 5.91 Å². The molecule has 0 saturated carbocycles. The highest BCUT2D eigenvalue weighted by Crippen LogP contribution is 2.28. The molecule has 3 aromatic rings. The van der Waals surface area contributed by atoms with E-state index in [-0.39, 0.29) is 22.8 Å². The lowest BCUT2D eigenvalue weighted by Gasteiger charge is -2.15. The normalized spacial score (nSPS) is 11.5. The molecule has 0 aliphatic heterocycles. The number of anilines is 2. The fraction of sp³-hybridized carbons (Fsp3) is 0.136. The number of rotatable bonds is 8. The van der Waals surface area contributed by atoms with Crippen molar-refractivity contribution in [1.82, 2.24) is 0 Å². The molecule has 0 fully saturated rings. The Kier molecular flexibility index (Phi) is 6.92. The van der Waals surface area contributed by atoms with Crippen molar-refractivity contribution >= 4 is 40.9 Å². The first kappa shape index (κ1) is 21.2. The molecule has 154 valence electrons. The quantitative estimate of drug-likeness (QED) is 0.471. The van der Waals surface area contributed by atoms with Gasteiger partial charge < -0.3 is 20.8 Å². The van der Waals surface area contributed by atoms with Crippen LogP contribution in [0.5, 0.6) is 0 Å². The SMILES string of the molecule is CCC(Sc1cccc(NC(=O)c2ccco2)c1)C(=O)Nc1ccc(C(N)=O)cc1. The van der Waals surface area contributed by atoms with E-state index in [0.29, 0.717) is 23.4 Å². The summed E-state index contributed by atoms with van der Waals surface area (Å²) in [6, 6.07) is 16.9. The summed E-state index contributed by atoms with van der Waals surface area (Å²) in [7, 11) is 0. The van der Waals surface area contributed by atoms with Gasteiger partial charge in [0.25, 0.3) is 5.91 Å². The van der Waals surface area contributed by atoms with E-state index in [9.17, 15) is 14.4 Å². The second-order valence-electron chi connectivity index (χ2n) is 6.40. The highest BCUT2D eigenvalue weighted by atomic mass is 32.2. The lowest BCUT2D eigenvalue weighted by molar-refractivity contribution is -0.115. The third kappa shape index (κ3) is 5.51. The maximum absolute atomic E-state index is 12.7. The molecular weight excluding hydrogens is 402 g/mol. The smallest absolute Gasteiger partial charge is 0.291 e. The molecule has 2 aromatic carbocycles. The summed E-state index contributed by atoms with van der Waals surface area (Å²) in [6.07, 6.45) is 2.05. The lowest BCUT2D eigenvalue weighted by atomic mass is 10.2. The molecule has 0 spiro atoms. The minimum Gasteiger partial charge on any atom is -0.459 e. The number of carbonyl (C=O) groups excluding carboxylic acids is 3. The Morgan fingerprint density at radius 3 is 2.40 bits per heavy atom. The predicted octanol–water partition coefficient (Wildman–Crippen LogP) is 4.14. The first-order valence-electron chi connectivity index (χ1n) is 9.28. The van der Waals surface area contributed by atoms with E-state index in [1.165, 1.54) is 18.0 Å². The Morgan fingerprint density at radius 2 is 1.77 bits per heavy atom. The highest BCUT2D eigenvalue weighted by Gasteiger charge is 2.19. The Hall–Kier alpha value is -3.52. The van der Waals surface area contributed by atoms with Gasteiger partial charge in [-0.05, 0) is 61.0 Å². The van der Waals surface area contributed by atoms with E-state index in [4.69, 9.17) is 10.2 Å². The zero-order chi connectivity index (χ0) is 21.5. The van der Waals surface area contributed by atoms with Gasteiger partial charge in [-0.2, -0.15) is 0 Å². The summed E-state index contributed by atoms with van der Waals surface area (Å²) < 4.78 is 5.09. The maximum atomic E-state index is 12.7. The number of nitrogens with one attached hydrogen (secondary N) is 2. The Balaban J connectivity index is 1.63. The fourth-order valence-corrected chi connectivity index (χ4v) is 3.69. The summed E-state index contributed by atoms with van der Waals surface area (Å²) in [5.41, 5.74) is 6.80. The number of amides is 3. The van der Waals surface area contributed by atoms with Gasteiger partial charge in [0, 0.05) is 21.8 Å². The van der Waals surface area contributed by atoms with Gasteiger partial charge >= 0.3 is 0 Å². The van der Waals surface area contributed by atoms with Gasteiger partial charge in [0.1, 0.15) is 0 Å². The molecule has 0 bridgehead atoms. The number of thioether (sulfide) groups is 1. The molecule has 3 amide bonds. The molecule has 0 radical (unpaired) electrons. The first-order valence-corrected chi connectivity index (χ1v) is 10.2. The minimum absolute atomic E-state index is 0.153. The zero-order valence-electron chi connectivity index (χ0n) is 16.3. The van der Waals surface area contributed by atoms with Crippen LogP contribution in [-0.4, -0.2) is 23.0 Å². The summed E-state index contributed by atoms with van der Waals surface area (Å²) in [5.74, 6) is -0.791. The van der Waals surface area contributed by atoms with Crippen LogP contribution in [0.25, 0.3) is 0 Å². The van der Waals surface area contributed by atoms with Crippen molar-refractivity contribution in [2.75, 3.05) is 10.6 Å². The topological polar surface area (TPSA) is 114 Å². The summed E-state index contributed by atoms with van der Waals surface area (Å²) in [5, 5.41) is 5.29. The number of hydrogen-bond acceptors (Lipinski definition) is 5. The molecule has 1 unspecified atom stereocenters. The molecule has 1 atom stereocenters. The van der Waals surface area contributed by atoms with Crippen LogP contribution in [-0.2, 0) is 4.79 Å². The van der Waals surface area contributed by atoms with E-state index in [2.05, 4.69) is 10.6 Å². The minimum atomic E-state index is -0.520. The number of hydrogen-bond donors (Lipinski definition) is 3. The summed E-state index contributed by atoms with van der Waals surface area (Å²) in [6.45, 7) is 1.93. The van der Waals surface area contributed by atoms with Gasteiger partial charge in [-0.25, -0.2) is 0 Å². The van der Waals surface area contributed by atoms with Gasteiger partial charge in [-0.1, -0.05) is 13.0 Å². The predicted molar refractivity (Wildman–Crippen MR) is 117 cm³/mol. The highest BCUT2D eigenvalue weighted by molar-refractivity contribution is 8.00. The fourth-order valence-electron chi connectivity index (χ4n) is 2.67. The Morgan fingerprint density at radius 1 is 1.00 bits per heavy atom. The van der Waals surface area contributed by atoms with Crippen molar-refractivity contribution in [3.63, 3.8) is 0 Å². The number of carbonyl (C=O) groups is 3. The molecule has 8 heteroatoms. The maximum Gasteiger partial charge on any atom is 0.291 e. The van der Waals surface area contributed by atoms with Gasteiger partial charge in [-0.15, -0.1) is 11.8 Å². The second kappa shape index (κ2) is 9.80. The van der Waals surface area contributed by atoms with Gasteiger partial charge in [-0.3, -0.25) is 14.4 Å². The van der Waals surface area contributed by atoms with Crippen LogP contribution in [0.15, 0.2) is 76.2 Å². The molecule has 1 heterocycles. The monoisotopic (exact) mass is 423 g/mol. The van der Waals surface area contributed by atoms with E-state index in [1.807, 2.05) is 25.1 Å². The average molecular weight is 423 g/mol. The van der Waals surface area contributed by atoms with Gasteiger partial charge in [0.05, 0.1) is 11.5 Å². The third-order valence-electron chi connectivity index (χ3n) is 4.22. The van der Waals surface area contributed by atoms with Crippen molar-refractivity contribution < 1.29 is 18.8 Å². The molecule has 0 saturated heterocycles. The molecule has 4 N–H and O–H groups in total. The molecule has 0 aliphatic rings. The number of primary amides is 1. The number of nitrogens with two attached hydrogens (primary N) is 1. The molecule has 1 aromatic heterocycles. The number of benzene rings is 2. The van der Waals surface area contributed by atoms with Crippen LogP contribution >= 0.6 is 11.8 Å². The Labute approximate surface area is 178 Å². The molecule has 3 rings (SSSR count). The van der Waals surface area contributed by atoms with E-state index in [1.54, 1.807) is 42.5 Å². The van der Waals surface area contributed by atoms with Crippen LogP contribution in [0.1, 0.15) is 34.3 Å². The molecular formula is C22H21N3O4S. The van der Waals surface area contributed by atoms with Crippen LogP contribution in [0.3, 0.4) is 0 Å². The molecule has 30 heavy (non-hydrogen) atoms. The second-order valence-corrected chi connectivity index (χ2v) is 7.68. The van der Waals surface area contributed by atoms with E-state index in [0.717, 1.165) is 4.90 Å². The van der Waals surface area contributed by atoms with Crippen molar-refractivity contribution in [3.8, 4) is 0 Å². The van der Waals surface area contributed by atoms with Crippen molar-refractivity contribution in [1.29, 1.82) is 0 Å². The Bertz CT molecular complexity index is 1030. The average Bonchev–Trinajstić information content (AvgIpc) is 3.28.